The second-order valence-electron chi connectivity index (χ2n) is 8.08. The van der Waals surface area contributed by atoms with E-state index in [2.05, 4.69) is 28.5 Å². The first-order chi connectivity index (χ1) is 15.2. The normalized spacial score (nSPS) is 21.7. The van der Waals surface area contributed by atoms with Crippen molar-refractivity contribution < 1.29 is 14.6 Å². The number of hydrogen-bond donors (Lipinski definition) is 2. The van der Waals surface area contributed by atoms with Crippen LogP contribution in [0.25, 0.3) is 11.1 Å². The smallest absolute Gasteiger partial charge is 0.272 e. The number of likely N-dealkylation sites (tertiary alicyclic amines) is 1. The van der Waals surface area contributed by atoms with Crippen LogP contribution < -0.4 is 10.1 Å². The Balaban J connectivity index is 1.57. The van der Waals surface area contributed by atoms with Gasteiger partial charge in [-0.3, -0.25) is 9.78 Å². The van der Waals surface area contributed by atoms with Gasteiger partial charge in [-0.15, -0.1) is 0 Å². The molecule has 5 rings (SSSR count). The minimum Gasteiger partial charge on any atom is -0.497 e. The Morgan fingerprint density at radius 3 is 2.81 bits per heavy atom. The molecule has 0 aliphatic carbocycles. The predicted octanol–water partition coefficient (Wildman–Crippen LogP) is 3.75. The van der Waals surface area contributed by atoms with Crippen LogP contribution in [0.2, 0.25) is 0 Å². The molecule has 0 spiro atoms. The van der Waals surface area contributed by atoms with Crippen LogP contribution >= 0.6 is 0 Å². The molecule has 0 unspecified atom stereocenters. The summed E-state index contributed by atoms with van der Waals surface area (Å²) in [7, 11) is 1.66. The molecule has 3 heterocycles. The van der Waals surface area contributed by atoms with Gasteiger partial charge in [0.2, 0.25) is 0 Å². The van der Waals surface area contributed by atoms with Crippen LogP contribution in [0.5, 0.6) is 5.75 Å². The molecule has 0 saturated carbocycles. The van der Waals surface area contributed by atoms with E-state index in [1.54, 1.807) is 19.4 Å². The number of aliphatic hydroxyl groups is 1. The second kappa shape index (κ2) is 8.04. The number of benzene rings is 2. The van der Waals surface area contributed by atoms with Gasteiger partial charge in [0.25, 0.3) is 5.91 Å². The first-order valence-electron chi connectivity index (χ1n) is 10.6. The van der Waals surface area contributed by atoms with Crippen LogP contribution in [-0.4, -0.2) is 47.2 Å². The number of anilines is 1. The molecule has 1 amide bonds. The van der Waals surface area contributed by atoms with Gasteiger partial charge in [-0.2, -0.15) is 0 Å². The highest BCUT2D eigenvalue weighted by molar-refractivity contribution is 5.93. The number of hydrogen-bond acceptors (Lipinski definition) is 5. The molecule has 6 nitrogen and oxygen atoms in total. The number of aromatic nitrogens is 1. The monoisotopic (exact) mass is 415 g/mol. The largest absolute Gasteiger partial charge is 0.497 e. The summed E-state index contributed by atoms with van der Waals surface area (Å²) < 4.78 is 5.38. The number of fused-ring (bicyclic) bond motifs is 3. The molecule has 3 atom stereocenters. The van der Waals surface area contributed by atoms with Crippen molar-refractivity contribution in [2.45, 2.75) is 18.5 Å². The molecule has 0 radical (unpaired) electrons. The van der Waals surface area contributed by atoms with Gasteiger partial charge in [-0.1, -0.05) is 24.3 Å². The highest BCUT2D eigenvalue weighted by Gasteiger charge is 2.46. The van der Waals surface area contributed by atoms with Crippen molar-refractivity contribution in [1.29, 1.82) is 0 Å². The van der Waals surface area contributed by atoms with Crippen LogP contribution in [0.3, 0.4) is 0 Å². The lowest BCUT2D eigenvalue weighted by atomic mass is 9.82. The van der Waals surface area contributed by atoms with Crippen molar-refractivity contribution >= 4 is 11.6 Å². The van der Waals surface area contributed by atoms with Crippen molar-refractivity contribution in [2.75, 3.05) is 25.6 Å². The lowest BCUT2D eigenvalue weighted by molar-refractivity contribution is 0.0695. The van der Waals surface area contributed by atoms with Crippen molar-refractivity contribution in [3.63, 3.8) is 0 Å². The van der Waals surface area contributed by atoms with Crippen molar-refractivity contribution in [3.05, 3.63) is 78.1 Å². The zero-order valence-corrected chi connectivity index (χ0v) is 17.4. The van der Waals surface area contributed by atoms with Gasteiger partial charge < -0.3 is 20.1 Å². The highest BCUT2D eigenvalue weighted by Crippen LogP contribution is 2.47. The maximum Gasteiger partial charge on any atom is 0.272 e. The quantitative estimate of drug-likeness (QED) is 0.679. The predicted molar refractivity (Wildman–Crippen MR) is 119 cm³/mol. The topological polar surface area (TPSA) is 74.7 Å². The molecule has 6 heteroatoms. The maximum atomic E-state index is 13.3. The summed E-state index contributed by atoms with van der Waals surface area (Å²) in [5, 5.41) is 13.5. The number of pyridine rings is 1. The number of ether oxygens (including phenoxy) is 1. The van der Waals surface area contributed by atoms with E-state index in [9.17, 15) is 9.90 Å². The van der Waals surface area contributed by atoms with Crippen molar-refractivity contribution in [1.82, 2.24) is 9.88 Å². The lowest BCUT2D eigenvalue weighted by Gasteiger charge is -2.39. The van der Waals surface area contributed by atoms with Gasteiger partial charge >= 0.3 is 0 Å². The lowest BCUT2D eigenvalue weighted by Crippen LogP contribution is -2.43. The van der Waals surface area contributed by atoms with Gasteiger partial charge in [0.15, 0.2) is 0 Å². The molecule has 158 valence electrons. The Labute approximate surface area is 181 Å². The molecule has 2 aromatic carbocycles. The van der Waals surface area contributed by atoms with Gasteiger partial charge in [0.1, 0.15) is 11.4 Å². The fraction of sp³-hybridized carbons (Fsp3) is 0.280. The highest BCUT2D eigenvalue weighted by atomic mass is 16.5. The molecule has 31 heavy (non-hydrogen) atoms. The summed E-state index contributed by atoms with van der Waals surface area (Å²) >= 11 is 0. The van der Waals surface area contributed by atoms with Gasteiger partial charge in [-0.25, -0.2) is 0 Å². The molecule has 1 fully saturated rings. The zero-order chi connectivity index (χ0) is 21.4. The molecule has 0 bridgehead atoms. The van der Waals surface area contributed by atoms with Crippen LogP contribution in [0.1, 0.15) is 28.5 Å². The number of methoxy groups -OCH3 is 1. The molecule has 2 aliphatic heterocycles. The fourth-order valence-corrected chi connectivity index (χ4v) is 4.91. The van der Waals surface area contributed by atoms with Crippen LogP contribution in [-0.2, 0) is 0 Å². The molecular formula is C25H25N3O3. The number of nitrogens with one attached hydrogen (secondary N) is 1. The number of aliphatic hydroxyl groups excluding tert-OH is 1. The van der Waals surface area contributed by atoms with E-state index >= 15 is 0 Å². The molecule has 1 aromatic heterocycles. The first kappa shape index (κ1) is 19.6. The van der Waals surface area contributed by atoms with Crippen molar-refractivity contribution in [2.24, 2.45) is 5.92 Å². The average Bonchev–Trinajstić information content (AvgIpc) is 3.29. The zero-order valence-electron chi connectivity index (χ0n) is 17.4. The second-order valence-corrected chi connectivity index (χ2v) is 8.08. The minimum atomic E-state index is -0.103. The number of rotatable bonds is 4. The number of carbonyl (C=O) groups excluding carboxylic acids is 1. The summed E-state index contributed by atoms with van der Waals surface area (Å²) in [6.45, 7) is 0.676. The third kappa shape index (κ3) is 3.43. The van der Waals surface area contributed by atoms with Crippen molar-refractivity contribution in [3.8, 4) is 16.9 Å². The van der Waals surface area contributed by atoms with E-state index in [0.29, 0.717) is 12.2 Å². The van der Waals surface area contributed by atoms with E-state index in [4.69, 9.17) is 4.74 Å². The Morgan fingerprint density at radius 1 is 1.16 bits per heavy atom. The summed E-state index contributed by atoms with van der Waals surface area (Å²) in [5.41, 5.74) is 4.62. The van der Waals surface area contributed by atoms with E-state index < -0.39 is 0 Å². The third-order valence-corrected chi connectivity index (χ3v) is 6.42. The Hall–Kier alpha value is -3.38. The number of carbonyl (C=O) groups is 1. The first-order valence-corrected chi connectivity index (χ1v) is 10.6. The summed E-state index contributed by atoms with van der Waals surface area (Å²) in [6, 6.07) is 19.5. The van der Waals surface area contributed by atoms with Crippen LogP contribution in [0, 0.1) is 5.92 Å². The Bertz CT molecular complexity index is 1100. The summed E-state index contributed by atoms with van der Waals surface area (Å²) in [5.74, 6) is 0.884. The van der Waals surface area contributed by atoms with Gasteiger partial charge in [0, 0.05) is 24.3 Å². The summed E-state index contributed by atoms with van der Waals surface area (Å²) in [4.78, 5) is 19.5. The Morgan fingerprint density at radius 2 is 2.03 bits per heavy atom. The number of amides is 1. The van der Waals surface area contributed by atoms with Gasteiger partial charge in [-0.05, 0) is 59.5 Å². The third-order valence-electron chi connectivity index (χ3n) is 6.42. The summed E-state index contributed by atoms with van der Waals surface area (Å²) in [6.07, 6.45) is 2.48. The molecule has 1 saturated heterocycles. The van der Waals surface area contributed by atoms with Gasteiger partial charge in [0.05, 0.1) is 25.8 Å². The Kier molecular flexibility index (Phi) is 5.08. The fourth-order valence-electron chi connectivity index (χ4n) is 4.91. The van der Waals surface area contributed by atoms with Crippen LogP contribution in [0.15, 0.2) is 66.9 Å². The molecule has 2 N–H and O–H groups in total. The SMILES string of the molecule is COc1cccc(-c2ccc3c(c2)[C@H]2[C@H](CCN2C(=O)c2ccccn2)[C@H](CO)N3)c1. The van der Waals surface area contributed by atoms with Crippen LogP contribution in [0.4, 0.5) is 5.69 Å². The maximum absolute atomic E-state index is 13.3. The number of nitrogens with zero attached hydrogens (tertiary/aromatic N) is 2. The molecule has 2 aliphatic rings. The standard InChI is InChI=1S/C25H25N3O3/c1-31-18-6-4-5-16(13-18)17-8-9-21-20(14-17)24-19(23(15-29)27-21)10-12-28(24)25(30)22-7-2-3-11-26-22/h2-9,11,13-14,19,23-24,27,29H,10,12,15H2,1H3/t19-,23+,24-/m1/s1. The average molecular weight is 415 g/mol. The molecule has 3 aromatic rings. The van der Waals surface area contributed by atoms with E-state index in [-0.39, 0.29) is 30.5 Å². The minimum absolute atomic E-state index is 0.0316. The molecular weight excluding hydrogens is 390 g/mol. The van der Waals surface area contributed by atoms with E-state index in [1.807, 2.05) is 41.3 Å². The van der Waals surface area contributed by atoms with E-state index in [1.165, 1.54) is 0 Å². The van der Waals surface area contributed by atoms with E-state index in [0.717, 1.165) is 34.5 Å².